The Hall–Kier alpha value is -3.20. The summed E-state index contributed by atoms with van der Waals surface area (Å²) >= 11 is 0. The van der Waals surface area contributed by atoms with Gasteiger partial charge in [-0.05, 0) is 24.6 Å². The fourth-order valence-corrected chi connectivity index (χ4v) is 5.15. The molecule has 2 unspecified atom stereocenters. The molecule has 1 aliphatic rings. The molecule has 1 aromatic carbocycles. The van der Waals surface area contributed by atoms with Crippen LogP contribution in [0.5, 0.6) is 0 Å². The number of aromatic nitrogens is 2. The van der Waals surface area contributed by atoms with Gasteiger partial charge >= 0.3 is 6.18 Å². The molecule has 3 rings (SSSR count). The van der Waals surface area contributed by atoms with Crippen LogP contribution in [0, 0.1) is 11.3 Å². The average Bonchev–Trinajstić information content (AvgIpc) is 3.14. The van der Waals surface area contributed by atoms with Crippen LogP contribution in [0.25, 0.3) is 0 Å². The molecule has 0 aliphatic carbocycles. The predicted molar refractivity (Wildman–Crippen MR) is 94.1 cm³/mol. The fraction of sp³-hybridized carbons (Fsp3) is 0.294. The molecule has 1 saturated heterocycles. The molecule has 0 saturated carbocycles. The lowest BCUT2D eigenvalue weighted by Gasteiger charge is -2.22. The number of carbonyl (C=O) groups is 1. The van der Waals surface area contributed by atoms with Crippen LogP contribution in [0.1, 0.15) is 17.8 Å². The molecular weight excluding hydrogens is 411 g/mol. The maximum atomic E-state index is 13.3. The highest BCUT2D eigenvalue weighted by atomic mass is 32.2. The molecule has 1 aromatic heterocycles. The lowest BCUT2D eigenvalue weighted by molar-refractivity contribution is -0.139. The van der Waals surface area contributed by atoms with Gasteiger partial charge in [-0.2, -0.15) is 18.4 Å². The summed E-state index contributed by atoms with van der Waals surface area (Å²) in [6.07, 6.45) is -3.92. The Morgan fingerprint density at radius 1 is 1.28 bits per heavy atom. The molecule has 1 amide bonds. The molecule has 152 valence electrons. The fourth-order valence-electron chi connectivity index (χ4n) is 3.24. The first-order valence-electron chi connectivity index (χ1n) is 8.25. The predicted octanol–water partition coefficient (Wildman–Crippen LogP) is 1.27. The van der Waals surface area contributed by atoms with E-state index < -0.39 is 43.7 Å². The lowest BCUT2D eigenvalue weighted by atomic mass is 10.2. The van der Waals surface area contributed by atoms with Gasteiger partial charge in [-0.25, -0.2) is 18.4 Å². The van der Waals surface area contributed by atoms with Crippen molar-refractivity contribution in [3.05, 3.63) is 47.9 Å². The first kappa shape index (κ1) is 20.5. The molecule has 0 bridgehead atoms. The Labute approximate surface area is 163 Å². The van der Waals surface area contributed by atoms with Crippen molar-refractivity contribution >= 4 is 21.6 Å². The van der Waals surface area contributed by atoms with Crippen molar-refractivity contribution in [2.45, 2.75) is 28.8 Å². The molecule has 0 radical (unpaired) electrons. The number of halogens is 3. The number of benzene rings is 1. The summed E-state index contributed by atoms with van der Waals surface area (Å²) in [6.45, 7) is -0.315. The maximum absolute atomic E-state index is 13.3. The second kappa shape index (κ2) is 7.32. The van der Waals surface area contributed by atoms with Crippen LogP contribution in [0.4, 0.5) is 19.0 Å². The highest BCUT2D eigenvalue weighted by molar-refractivity contribution is 7.92. The Morgan fingerprint density at radius 2 is 1.97 bits per heavy atom. The number of primary amides is 1. The minimum absolute atomic E-state index is 0.0853. The van der Waals surface area contributed by atoms with E-state index >= 15 is 0 Å². The third-order valence-corrected chi connectivity index (χ3v) is 6.75. The van der Waals surface area contributed by atoms with Gasteiger partial charge in [0, 0.05) is 12.7 Å². The Balaban J connectivity index is 2.03. The summed E-state index contributed by atoms with van der Waals surface area (Å²) in [6, 6.07) is 5.83. The summed E-state index contributed by atoms with van der Waals surface area (Å²) in [5.41, 5.74) is 4.10. The van der Waals surface area contributed by atoms with E-state index in [9.17, 15) is 26.4 Å². The van der Waals surface area contributed by atoms with E-state index in [-0.39, 0.29) is 24.6 Å². The molecule has 2 aromatic rings. The van der Waals surface area contributed by atoms with Gasteiger partial charge in [-0.1, -0.05) is 12.1 Å². The number of nitrogens with two attached hydrogens (primary N) is 1. The Bertz CT molecular complexity index is 1100. The summed E-state index contributed by atoms with van der Waals surface area (Å²) in [4.78, 5) is 19.9. The second-order valence-corrected chi connectivity index (χ2v) is 8.51. The van der Waals surface area contributed by atoms with E-state index in [0.29, 0.717) is 6.07 Å². The molecular formula is C17H14F3N5O3S. The van der Waals surface area contributed by atoms with Crippen LogP contribution in [-0.2, 0) is 20.8 Å². The number of hydrogen-bond donors (Lipinski definition) is 1. The zero-order valence-electron chi connectivity index (χ0n) is 14.7. The lowest BCUT2D eigenvalue weighted by Crippen LogP contribution is -2.40. The van der Waals surface area contributed by atoms with Crippen molar-refractivity contribution in [3.8, 4) is 6.07 Å². The molecule has 2 heterocycles. The second-order valence-electron chi connectivity index (χ2n) is 6.32. The first-order chi connectivity index (χ1) is 13.6. The molecule has 12 heteroatoms. The quantitative estimate of drug-likeness (QED) is 0.781. The van der Waals surface area contributed by atoms with Crippen LogP contribution in [0.3, 0.4) is 0 Å². The van der Waals surface area contributed by atoms with Crippen LogP contribution < -0.4 is 10.6 Å². The molecule has 1 aliphatic heterocycles. The van der Waals surface area contributed by atoms with E-state index in [0.717, 1.165) is 12.1 Å². The smallest absolute Gasteiger partial charge is 0.368 e. The van der Waals surface area contributed by atoms with Crippen LogP contribution in [-0.4, -0.2) is 42.1 Å². The number of sulfone groups is 1. The van der Waals surface area contributed by atoms with E-state index in [1.165, 1.54) is 23.2 Å². The maximum Gasteiger partial charge on any atom is 0.417 e. The van der Waals surface area contributed by atoms with E-state index in [1.54, 1.807) is 6.07 Å². The summed E-state index contributed by atoms with van der Waals surface area (Å²) in [7, 11) is -4.45. The van der Waals surface area contributed by atoms with Gasteiger partial charge in [0.1, 0.15) is 17.9 Å². The number of amides is 1. The topological polar surface area (TPSA) is 130 Å². The number of nitrogens with zero attached hydrogens (tertiary/aromatic N) is 4. The minimum atomic E-state index is -4.86. The normalized spacial score (nSPS) is 19.7. The van der Waals surface area contributed by atoms with Crippen LogP contribution >= 0.6 is 0 Å². The molecule has 1 fully saturated rings. The Morgan fingerprint density at radius 3 is 2.59 bits per heavy atom. The van der Waals surface area contributed by atoms with Gasteiger partial charge in [0.25, 0.3) is 0 Å². The van der Waals surface area contributed by atoms with Crippen LogP contribution in [0.2, 0.25) is 0 Å². The van der Waals surface area contributed by atoms with Crippen LogP contribution in [0.15, 0.2) is 41.4 Å². The number of hydrogen-bond acceptors (Lipinski definition) is 7. The molecule has 2 N–H and O–H groups in total. The Kier molecular flexibility index (Phi) is 5.18. The third-order valence-electron chi connectivity index (χ3n) is 4.56. The van der Waals surface area contributed by atoms with Gasteiger partial charge in [-0.3, -0.25) is 4.79 Å². The zero-order valence-corrected chi connectivity index (χ0v) is 15.5. The summed E-state index contributed by atoms with van der Waals surface area (Å²) in [5, 5.41) is 7.60. The number of nitriles is 1. The standard InChI is InChI=1S/C17H14F3N5O3S/c18-17(19,20)11-3-1-2-4-13(11)29(27,28)10-7-12(16(22)26)25(9-10)15-5-6-23-14(8-21)24-15/h1-6,10,12H,7,9H2,(H2,22,26). The van der Waals surface area contributed by atoms with Gasteiger partial charge < -0.3 is 10.6 Å². The monoisotopic (exact) mass is 425 g/mol. The summed E-state index contributed by atoms with van der Waals surface area (Å²) < 4.78 is 65.9. The van der Waals surface area contributed by atoms with E-state index in [4.69, 9.17) is 11.0 Å². The number of carbonyl (C=O) groups excluding carboxylic acids is 1. The van der Waals surface area contributed by atoms with Crippen molar-refractivity contribution in [2.75, 3.05) is 11.4 Å². The minimum Gasteiger partial charge on any atom is -0.368 e. The molecule has 2 atom stereocenters. The van der Waals surface area contributed by atoms with E-state index in [1.807, 2.05) is 0 Å². The van der Waals surface area contributed by atoms with Gasteiger partial charge in [-0.15, -0.1) is 0 Å². The number of rotatable bonds is 4. The molecule has 29 heavy (non-hydrogen) atoms. The van der Waals surface area contributed by atoms with Crippen molar-refractivity contribution in [1.29, 1.82) is 5.26 Å². The van der Waals surface area contributed by atoms with Crippen molar-refractivity contribution in [1.82, 2.24) is 9.97 Å². The number of anilines is 1. The highest BCUT2D eigenvalue weighted by Gasteiger charge is 2.46. The average molecular weight is 425 g/mol. The van der Waals surface area contributed by atoms with E-state index in [2.05, 4.69) is 9.97 Å². The number of alkyl halides is 3. The van der Waals surface area contributed by atoms with Gasteiger partial charge in [0.05, 0.1) is 15.7 Å². The third kappa shape index (κ3) is 3.86. The SMILES string of the molecule is N#Cc1nccc(N2CC(S(=O)(=O)c3ccccc3C(F)(F)F)CC2C(N)=O)n1. The van der Waals surface area contributed by atoms with Crippen molar-refractivity contribution < 1.29 is 26.4 Å². The zero-order chi connectivity index (χ0) is 21.4. The van der Waals surface area contributed by atoms with Crippen molar-refractivity contribution in [2.24, 2.45) is 5.73 Å². The summed E-state index contributed by atoms with van der Waals surface area (Å²) in [5.74, 6) is -0.981. The van der Waals surface area contributed by atoms with Gasteiger partial charge in [0.15, 0.2) is 9.84 Å². The highest BCUT2D eigenvalue weighted by Crippen LogP contribution is 2.38. The first-order valence-corrected chi connectivity index (χ1v) is 9.79. The van der Waals surface area contributed by atoms with Crippen molar-refractivity contribution in [3.63, 3.8) is 0 Å². The molecule has 8 nitrogen and oxygen atoms in total. The van der Waals surface area contributed by atoms with Gasteiger partial charge in [0.2, 0.25) is 11.7 Å². The molecule has 0 spiro atoms. The largest absolute Gasteiger partial charge is 0.417 e.